The Morgan fingerprint density at radius 3 is 2.71 bits per heavy atom. The number of aryl methyl sites for hydroxylation is 1. The van der Waals surface area contributed by atoms with E-state index in [0.717, 1.165) is 12.0 Å². The number of hydrogen-bond acceptors (Lipinski definition) is 2. The van der Waals surface area contributed by atoms with Crippen molar-refractivity contribution in [2.75, 3.05) is 7.05 Å². The Hall–Kier alpha value is -1.06. The van der Waals surface area contributed by atoms with E-state index in [1.165, 1.54) is 5.56 Å². The van der Waals surface area contributed by atoms with Crippen molar-refractivity contribution in [3.63, 3.8) is 0 Å². The van der Waals surface area contributed by atoms with E-state index in [2.05, 4.69) is 6.92 Å². The predicted octanol–water partition coefficient (Wildman–Crippen LogP) is 2.81. The van der Waals surface area contributed by atoms with Crippen LogP contribution in [0.15, 0.2) is 18.2 Å². The second kappa shape index (κ2) is 6.03. The molecule has 3 nitrogen and oxygen atoms in total. The molecule has 0 radical (unpaired) electrons. The van der Waals surface area contributed by atoms with Gasteiger partial charge in [0.25, 0.3) is 0 Å². The maximum Gasteiger partial charge on any atom is 0.320 e. The van der Waals surface area contributed by atoms with Crippen molar-refractivity contribution >= 4 is 17.6 Å². The van der Waals surface area contributed by atoms with Gasteiger partial charge >= 0.3 is 5.97 Å². The van der Waals surface area contributed by atoms with Gasteiger partial charge in [0.1, 0.15) is 6.04 Å². The van der Waals surface area contributed by atoms with Crippen molar-refractivity contribution < 1.29 is 9.90 Å². The quantitative estimate of drug-likeness (QED) is 0.880. The number of carbonyl (C=O) groups is 1. The molecule has 0 amide bonds. The third kappa shape index (κ3) is 3.45. The van der Waals surface area contributed by atoms with Crippen LogP contribution in [0, 0.1) is 0 Å². The molecule has 0 aromatic heterocycles. The van der Waals surface area contributed by atoms with Crippen molar-refractivity contribution in [2.45, 2.75) is 32.9 Å². The van der Waals surface area contributed by atoms with Gasteiger partial charge in [-0.05, 0) is 37.6 Å². The Bertz CT molecular complexity index is 406. The van der Waals surface area contributed by atoms with Gasteiger partial charge in [0.2, 0.25) is 0 Å². The third-order valence-electron chi connectivity index (χ3n) is 3.02. The van der Waals surface area contributed by atoms with Crippen molar-refractivity contribution in [1.82, 2.24) is 4.90 Å². The number of benzene rings is 1. The molecule has 1 unspecified atom stereocenters. The highest BCUT2D eigenvalue weighted by atomic mass is 35.5. The molecular weight excluding hydrogens is 238 g/mol. The molecule has 1 aromatic rings. The van der Waals surface area contributed by atoms with Crippen molar-refractivity contribution in [3.05, 3.63) is 34.3 Å². The molecule has 0 saturated carbocycles. The zero-order valence-electron chi connectivity index (χ0n) is 10.4. The third-order valence-corrected chi connectivity index (χ3v) is 3.38. The van der Waals surface area contributed by atoms with Crippen LogP contribution in [0.25, 0.3) is 0 Å². The van der Waals surface area contributed by atoms with Crippen LogP contribution >= 0.6 is 11.6 Å². The minimum atomic E-state index is -0.822. The number of halogens is 1. The summed E-state index contributed by atoms with van der Waals surface area (Å²) in [4.78, 5) is 12.7. The van der Waals surface area contributed by atoms with Crippen LogP contribution in [0.3, 0.4) is 0 Å². The van der Waals surface area contributed by atoms with E-state index < -0.39 is 12.0 Å². The second-order valence-electron chi connectivity index (χ2n) is 4.16. The number of carboxylic acids is 1. The summed E-state index contributed by atoms with van der Waals surface area (Å²) in [5.41, 5.74) is 2.19. The molecule has 0 bridgehead atoms. The van der Waals surface area contributed by atoms with Crippen LogP contribution in [-0.2, 0) is 17.8 Å². The first-order valence-electron chi connectivity index (χ1n) is 5.66. The fraction of sp³-hybridized carbons (Fsp3) is 0.462. The fourth-order valence-electron chi connectivity index (χ4n) is 1.69. The molecule has 0 aliphatic rings. The van der Waals surface area contributed by atoms with Gasteiger partial charge in [0, 0.05) is 11.6 Å². The number of nitrogens with zero attached hydrogens (tertiary/aromatic N) is 1. The van der Waals surface area contributed by atoms with Crippen LogP contribution < -0.4 is 0 Å². The summed E-state index contributed by atoms with van der Waals surface area (Å²) in [7, 11) is 1.79. The van der Waals surface area contributed by atoms with Crippen LogP contribution in [0.5, 0.6) is 0 Å². The standard InChI is InChI=1S/C13H18ClNO2/c1-4-10-6-5-7-12(14)11(10)8-15(3)9(2)13(16)17/h5-7,9H,4,8H2,1-3H3,(H,16,17). The van der Waals surface area contributed by atoms with E-state index in [4.69, 9.17) is 16.7 Å². The van der Waals surface area contributed by atoms with Crippen molar-refractivity contribution in [2.24, 2.45) is 0 Å². The molecule has 0 aliphatic heterocycles. The Morgan fingerprint density at radius 1 is 1.53 bits per heavy atom. The molecule has 0 spiro atoms. The molecular formula is C13H18ClNO2. The van der Waals surface area contributed by atoms with E-state index in [0.29, 0.717) is 11.6 Å². The van der Waals surface area contributed by atoms with Gasteiger partial charge in [-0.3, -0.25) is 9.69 Å². The van der Waals surface area contributed by atoms with Gasteiger partial charge in [-0.25, -0.2) is 0 Å². The number of aliphatic carboxylic acids is 1. The predicted molar refractivity (Wildman–Crippen MR) is 69.4 cm³/mol. The lowest BCUT2D eigenvalue weighted by Crippen LogP contribution is -2.35. The average molecular weight is 256 g/mol. The number of hydrogen-bond donors (Lipinski definition) is 1. The lowest BCUT2D eigenvalue weighted by Gasteiger charge is -2.23. The maximum atomic E-state index is 10.9. The molecule has 0 heterocycles. The molecule has 1 atom stereocenters. The number of likely N-dealkylation sites (N-methyl/N-ethyl adjacent to an activating group) is 1. The summed E-state index contributed by atoms with van der Waals surface area (Å²) in [5, 5.41) is 9.65. The van der Waals surface area contributed by atoms with Crippen LogP contribution in [0.1, 0.15) is 25.0 Å². The second-order valence-corrected chi connectivity index (χ2v) is 4.57. The molecule has 0 aliphatic carbocycles. The monoisotopic (exact) mass is 255 g/mol. The minimum absolute atomic E-state index is 0.518. The minimum Gasteiger partial charge on any atom is -0.480 e. The van der Waals surface area contributed by atoms with E-state index in [1.54, 1.807) is 18.9 Å². The zero-order valence-corrected chi connectivity index (χ0v) is 11.2. The highest BCUT2D eigenvalue weighted by molar-refractivity contribution is 6.31. The number of rotatable bonds is 5. The molecule has 1 aromatic carbocycles. The zero-order chi connectivity index (χ0) is 13.0. The summed E-state index contributed by atoms with van der Waals surface area (Å²) in [5.74, 6) is -0.822. The van der Waals surface area contributed by atoms with E-state index >= 15 is 0 Å². The molecule has 1 N–H and O–H groups in total. The Labute approximate surface area is 107 Å². The Morgan fingerprint density at radius 2 is 2.18 bits per heavy atom. The summed E-state index contributed by atoms with van der Waals surface area (Å²) < 4.78 is 0. The lowest BCUT2D eigenvalue weighted by atomic mass is 10.0. The maximum absolute atomic E-state index is 10.9. The molecule has 0 fully saturated rings. The van der Waals surface area contributed by atoms with Crippen molar-refractivity contribution in [1.29, 1.82) is 0 Å². The first kappa shape index (κ1) is 14.0. The summed E-state index contributed by atoms with van der Waals surface area (Å²) in [6.45, 7) is 4.29. The van der Waals surface area contributed by atoms with Gasteiger partial charge in [0.15, 0.2) is 0 Å². The highest BCUT2D eigenvalue weighted by Crippen LogP contribution is 2.22. The Kier molecular flexibility index (Phi) is 4.97. The molecule has 1 rings (SSSR count). The largest absolute Gasteiger partial charge is 0.480 e. The summed E-state index contributed by atoms with van der Waals surface area (Å²) in [6.07, 6.45) is 0.894. The molecule has 17 heavy (non-hydrogen) atoms. The molecule has 4 heteroatoms. The van der Waals surface area contributed by atoms with Crippen molar-refractivity contribution in [3.8, 4) is 0 Å². The average Bonchev–Trinajstić information content (AvgIpc) is 2.30. The van der Waals surface area contributed by atoms with Crippen LogP contribution in [0.2, 0.25) is 5.02 Å². The Balaban J connectivity index is 2.91. The first-order valence-corrected chi connectivity index (χ1v) is 6.04. The lowest BCUT2D eigenvalue weighted by molar-refractivity contribution is -0.142. The van der Waals surface area contributed by atoms with Gasteiger partial charge in [-0.2, -0.15) is 0 Å². The molecule has 94 valence electrons. The fourth-order valence-corrected chi connectivity index (χ4v) is 1.94. The SMILES string of the molecule is CCc1cccc(Cl)c1CN(C)C(C)C(=O)O. The number of carboxylic acid groups (broad SMARTS) is 1. The van der Waals surface area contributed by atoms with Crippen LogP contribution in [-0.4, -0.2) is 29.1 Å². The van der Waals surface area contributed by atoms with Gasteiger partial charge in [-0.1, -0.05) is 30.7 Å². The van der Waals surface area contributed by atoms with E-state index in [9.17, 15) is 4.79 Å². The summed E-state index contributed by atoms with van der Waals surface area (Å²) in [6, 6.07) is 5.28. The topological polar surface area (TPSA) is 40.5 Å². The van der Waals surface area contributed by atoms with Crippen LogP contribution in [0.4, 0.5) is 0 Å². The van der Waals surface area contributed by atoms with E-state index in [1.807, 2.05) is 18.2 Å². The van der Waals surface area contributed by atoms with Gasteiger partial charge in [-0.15, -0.1) is 0 Å². The smallest absolute Gasteiger partial charge is 0.320 e. The first-order chi connectivity index (χ1) is 7.97. The van der Waals surface area contributed by atoms with Gasteiger partial charge < -0.3 is 5.11 Å². The molecule has 0 saturated heterocycles. The highest BCUT2D eigenvalue weighted by Gasteiger charge is 2.18. The normalized spacial score (nSPS) is 12.8. The van der Waals surface area contributed by atoms with Gasteiger partial charge in [0.05, 0.1) is 0 Å². The van der Waals surface area contributed by atoms with E-state index in [-0.39, 0.29) is 0 Å². The summed E-state index contributed by atoms with van der Waals surface area (Å²) >= 11 is 6.16.